The molecule has 0 aliphatic heterocycles. The third kappa shape index (κ3) is 4.46. The lowest BCUT2D eigenvalue weighted by molar-refractivity contribution is 0.0907. The highest BCUT2D eigenvalue weighted by Crippen LogP contribution is 2.24. The normalized spacial score (nSPS) is 19.6. The Bertz CT molecular complexity index is 763. The number of rotatable bonds is 5. The van der Waals surface area contributed by atoms with Crippen molar-refractivity contribution in [2.75, 3.05) is 11.9 Å². The van der Waals surface area contributed by atoms with Crippen LogP contribution in [-0.2, 0) is 0 Å². The van der Waals surface area contributed by atoms with E-state index < -0.39 is 0 Å². The van der Waals surface area contributed by atoms with Crippen LogP contribution < -0.4 is 16.4 Å². The van der Waals surface area contributed by atoms with Crippen LogP contribution in [0.15, 0.2) is 48.8 Å². The number of pyridine rings is 1. The van der Waals surface area contributed by atoms with Crippen molar-refractivity contribution in [2.24, 2.45) is 11.7 Å². The van der Waals surface area contributed by atoms with E-state index in [9.17, 15) is 9.59 Å². The van der Waals surface area contributed by atoms with Gasteiger partial charge in [0.05, 0.1) is 5.56 Å². The number of aromatic nitrogens is 1. The molecule has 2 unspecified atom stereocenters. The number of anilines is 1. The van der Waals surface area contributed by atoms with Gasteiger partial charge >= 0.3 is 0 Å². The summed E-state index contributed by atoms with van der Waals surface area (Å²) in [7, 11) is 0. The molecule has 1 aromatic heterocycles. The number of carbonyl (C=O) groups excluding carboxylic acids is 2. The minimum atomic E-state index is -0.258. The summed E-state index contributed by atoms with van der Waals surface area (Å²) in [5.74, 6) is -0.0554. The number of nitrogens with two attached hydrogens (primary N) is 1. The van der Waals surface area contributed by atoms with E-state index in [1.807, 2.05) is 0 Å². The standard InChI is InChI=1S/C20H24N4O2/c21-12-15-5-1-2-9-18(15)24-19(25)14-6-3-8-17(11-14)23-20(26)16-7-4-10-22-13-16/h3-4,6-8,10-11,13,15,18H,1-2,5,9,12,21H2,(H,23,26)(H,24,25). The summed E-state index contributed by atoms with van der Waals surface area (Å²) in [4.78, 5) is 28.8. The van der Waals surface area contributed by atoms with Crippen molar-refractivity contribution in [3.05, 3.63) is 59.9 Å². The lowest BCUT2D eigenvalue weighted by atomic mass is 9.84. The zero-order chi connectivity index (χ0) is 18.4. The van der Waals surface area contributed by atoms with Crippen molar-refractivity contribution in [1.82, 2.24) is 10.3 Å². The SMILES string of the molecule is NCC1CCCCC1NC(=O)c1cccc(NC(=O)c2cccnc2)c1. The van der Waals surface area contributed by atoms with Gasteiger partial charge in [-0.2, -0.15) is 0 Å². The van der Waals surface area contributed by atoms with Gasteiger partial charge in [0.1, 0.15) is 0 Å². The van der Waals surface area contributed by atoms with Gasteiger partial charge in [0.25, 0.3) is 11.8 Å². The minimum absolute atomic E-state index is 0.120. The molecule has 1 aliphatic carbocycles. The zero-order valence-corrected chi connectivity index (χ0v) is 14.7. The van der Waals surface area contributed by atoms with E-state index in [0.29, 0.717) is 29.3 Å². The van der Waals surface area contributed by atoms with Crippen molar-refractivity contribution >= 4 is 17.5 Å². The fourth-order valence-corrected chi connectivity index (χ4v) is 3.37. The predicted octanol–water partition coefficient (Wildman–Crippen LogP) is 2.58. The first kappa shape index (κ1) is 18.1. The average Bonchev–Trinajstić information content (AvgIpc) is 2.69. The molecule has 3 rings (SSSR count). The summed E-state index contributed by atoms with van der Waals surface area (Å²) < 4.78 is 0. The fourth-order valence-electron chi connectivity index (χ4n) is 3.37. The van der Waals surface area contributed by atoms with Crippen LogP contribution in [0.2, 0.25) is 0 Å². The van der Waals surface area contributed by atoms with Crippen LogP contribution >= 0.6 is 0 Å². The molecule has 1 heterocycles. The molecular weight excluding hydrogens is 328 g/mol. The van der Waals surface area contributed by atoms with E-state index in [-0.39, 0.29) is 17.9 Å². The highest BCUT2D eigenvalue weighted by atomic mass is 16.2. The second kappa shape index (κ2) is 8.58. The van der Waals surface area contributed by atoms with Crippen LogP contribution in [0, 0.1) is 5.92 Å². The Morgan fingerprint density at radius 2 is 1.88 bits per heavy atom. The molecule has 136 valence electrons. The van der Waals surface area contributed by atoms with Gasteiger partial charge in [0.15, 0.2) is 0 Å². The molecule has 6 nitrogen and oxygen atoms in total. The van der Waals surface area contributed by atoms with Gasteiger partial charge < -0.3 is 16.4 Å². The Morgan fingerprint density at radius 1 is 1.08 bits per heavy atom. The highest BCUT2D eigenvalue weighted by Gasteiger charge is 2.25. The third-order valence-electron chi connectivity index (χ3n) is 4.83. The van der Waals surface area contributed by atoms with E-state index in [1.165, 1.54) is 12.6 Å². The first-order chi connectivity index (χ1) is 12.7. The molecular formula is C20H24N4O2. The van der Waals surface area contributed by atoms with Crippen LogP contribution in [0.1, 0.15) is 46.4 Å². The largest absolute Gasteiger partial charge is 0.349 e. The predicted molar refractivity (Wildman–Crippen MR) is 101 cm³/mol. The molecule has 6 heteroatoms. The summed E-state index contributed by atoms with van der Waals surface area (Å²) in [6.45, 7) is 0.589. The minimum Gasteiger partial charge on any atom is -0.349 e. The van der Waals surface area contributed by atoms with E-state index in [4.69, 9.17) is 5.73 Å². The molecule has 26 heavy (non-hydrogen) atoms. The van der Waals surface area contributed by atoms with E-state index >= 15 is 0 Å². The molecule has 4 N–H and O–H groups in total. The molecule has 1 aliphatic rings. The molecule has 2 atom stereocenters. The molecule has 2 amide bonds. The number of hydrogen-bond donors (Lipinski definition) is 3. The van der Waals surface area contributed by atoms with Crippen LogP contribution in [0.3, 0.4) is 0 Å². The maximum absolute atomic E-state index is 12.6. The Kier molecular flexibility index (Phi) is 5.96. The summed E-state index contributed by atoms with van der Waals surface area (Å²) in [6, 6.07) is 10.5. The van der Waals surface area contributed by atoms with Crippen LogP contribution in [-0.4, -0.2) is 29.4 Å². The number of nitrogens with zero attached hydrogens (tertiary/aromatic N) is 1. The third-order valence-corrected chi connectivity index (χ3v) is 4.83. The van der Waals surface area contributed by atoms with Gasteiger partial charge in [-0.25, -0.2) is 0 Å². The van der Waals surface area contributed by atoms with Crippen molar-refractivity contribution < 1.29 is 9.59 Å². The van der Waals surface area contributed by atoms with Gasteiger partial charge in [-0.15, -0.1) is 0 Å². The van der Waals surface area contributed by atoms with Gasteiger partial charge in [-0.05, 0) is 55.6 Å². The summed E-state index contributed by atoms with van der Waals surface area (Å²) >= 11 is 0. The maximum Gasteiger partial charge on any atom is 0.257 e. The Hall–Kier alpha value is -2.73. The second-order valence-corrected chi connectivity index (χ2v) is 6.64. The van der Waals surface area contributed by atoms with Gasteiger partial charge in [0, 0.05) is 29.7 Å². The Morgan fingerprint density at radius 3 is 2.65 bits per heavy atom. The lowest BCUT2D eigenvalue weighted by Gasteiger charge is -2.31. The van der Waals surface area contributed by atoms with E-state index in [0.717, 1.165) is 19.3 Å². The quantitative estimate of drug-likeness (QED) is 0.770. The van der Waals surface area contributed by atoms with Crippen LogP contribution in [0.25, 0.3) is 0 Å². The van der Waals surface area contributed by atoms with Gasteiger partial charge in [0.2, 0.25) is 0 Å². The van der Waals surface area contributed by atoms with E-state index in [1.54, 1.807) is 42.6 Å². The van der Waals surface area contributed by atoms with Crippen molar-refractivity contribution in [3.8, 4) is 0 Å². The molecule has 2 aromatic rings. The second-order valence-electron chi connectivity index (χ2n) is 6.64. The molecule has 1 saturated carbocycles. The van der Waals surface area contributed by atoms with Gasteiger partial charge in [-0.1, -0.05) is 18.9 Å². The molecule has 1 aromatic carbocycles. The lowest BCUT2D eigenvalue weighted by Crippen LogP contribution is -2.44. The monoisotopic (exact) mass is 352 g/mol. The number of amides is 2. The number of nitrogens with one attached hydrogen (secondary N) is 2. The van der Waals surface area contributed by atoms with Crippen LogP contribution in [0.5, 0.6) is 0 Å². The highest BCUT2D eigenvalue weighted by molar-refractivity contribution is 6.04. The molecule has 1 fully saturated rings. The van der Waals surface area contributed by atoms with Crippen LogP contribution in [0.4, 0.5) is 5.69 Å². The van der Waals surface area contributed by atoms with E-state index in [2.05, 4.69) is 15.6 Å². The average molecular weight is 352 g/mol. The zero-order valence-electron chi connectivity index (χ0n) is 14.7. The summed E-state index contributed by atoms with van der Waals surface area (Å²) in [5.41, 5.74) is 7.40. The fraction of sp³-hybridized carbons (Fsp3) is 0.350. The Labute approximate surface area is 153 Å². The maximum atomic E-state index is 12.6. The van der Waals surface area contributed by atoms with Crippen molar-refractivity contribution in [2.45, 2.75) is 31.7 Å². The van der Waals surface area contributed by atoms with Crippen molar-refractivity contribution in [1.29, 1.82) is 0 Å². The topological polar surface area (TPSA) is 97.1 Å². The summed E-state index contributed by atoms with van der Waals surface area (Å²) in [5, 5.41) is 5.90. The first-order valence-electron chi connectivity index (χ1n) is 9.00. The molecule has 0 radical (unpaired) electrons. The number of carbonyl (C=O) groups is 2. The number of benzene rings is 1. The molecule has 0 spiro atoms. The molecule has 0 bridgehead atoms. The summed E-state index contributed by atoms with van der Waals surface area (Å²) in [6.07, 6.45) is 7.42. The van der Waals surface area contributed by atoms with Gasteiger partial charge in [-0.3, -0.25) is 14.6 Å². The molecule has 0 saturated heterocycles. The Balaban J connectivity index is 1.66. The number of hydrogen-bond acceptors (Lipinski definition) is 4. The van der Waals surface area contributed by atoms with Crippen molar-refractivity contribution in [3.63, 3.8) is 0 Å². The smallest absolute Gasteiger partial charge is 0.257 e. The first-order valence-corrected chi connectivity index (χ1v) is 9.00.